The van der Waals surface area contributed by atoms with Gasteiger partial charge in [-0.05, 0) is 51.2 Å². The van der Waals surface area contributed by atoms with Crippen molar-refractivity contribution in [1.82, 2.24) is 4.90 Å². The Kier molecular flexibility index (Phi) is 6.53. The molecule has 1 aliphatic heterocycles. The molecule has 1 aromatic carbocycles. The Balaban J connectivity index is 1.47. The number of aryl methyl sites for hydroxylation is 1. The second kappa shape index (κ2) is 8.78. The van der Waals surface area contributed by atoms with Gasteiger partial charge in [0.05, 0.1) is 17.7 Å². The summed E-state index contributed by atoms with van der Waals surface area (Å²) in [6.07, 6.45) is 3.68. The summed E-state index contributed by atoms with van der Waals surface area (Å²) in [4.78, 5) is 13.9. The van der Waals surface area contributed by atoms with Gasteiger partial charge in [0.2, 0.25) is 0 Å². The van der Waals surface area contributed by atoms with Gasteiger partial charge in [0.25, 0.3) is 0 Å². The summed E-state index contributed by atoms with van der Waals surface area (Å²) in [6, 6.07) is 11.9. The first-order chi connectivity index (χ1) is 14.1. The molecule has 0 spiro atoms. The largest absolute Gasteiger partial charge is 0.494 e. The van der Waals surface area contributed by atoms with Crippen LogP contribution < -0.4 is 10.0 Å². The van der Waals surface area contributed by atoms with Crippen molar-refractivity contribution in [3.63, 3.8) is 0 Å². The van der Waals surface area contributed by atoms with Gasteiger partial charge in [-0.2, -0.15) is 0 Å². The molecule has 0 N–H and O–H groups in total. The number of benzene rings is 1. The summed E-state index contributed by atoms with van der Waals surface area (Å²) in [5.74, 6) is 0. The molecule has 1 fully saturated rings. The Morgan fingerprint density at radius 2 is 1.60 bits per heavy atom. The Morgan fingerprint density at radius 1 is 1.03 bits per heavy atom. The number of hydrogen-bond acceptors (Lipinski definition) is 4. The van der Waals surface area contributed by atoms with E-state index >= 15 is 0 Å². The maximum Gasteiger partial charge on any atom is 0.494 e. The van der Waals surface area contributed by atoms with Crippen LogP contribution in [0.4, 0.5) is 4.79 Å². The molecule has 6 nitrogen and oxygen atoms in total. The number of likely N-dealkylation sites (N-methyl/N-ethyl adjacent to an activating group) is 1. The van der Waals surface area contributed by atoms with E-state index in [-0.39, 0.29) is 23.9 Å². The average molecular weight is 411 g/mol. The number of pyridine rings is 1. The van der Waals surface area contributed by atoms with E-state index in [0.717, 1.165) is 11.0 Å². The number of hydrogen-bond donors (Lipinski definition) is 0. The normalized spacial score (nSPS) is 17.1. The maximum atomic E-state index is 12.3. The van der Waals surface area contributed by atoms with Crippen LogP contribution in [0.25, 0.3) is 0 Å². The highest BCUT2D eigenvalue weighted by molar-refractivity contribution is 6.62. The van der Waals surface area contributed by atoms with Crippen molar-refractivity contribution >= 4 is 18.7 Å². The number of ether oxygens (including phenoxy) is 1. The van der Waals surface area contributed by atoms with Crippen LogP contribution in [0, 0.1) is 6.92 Å². The first-order valence-corrected chi connectivity index (χ1v) is 10.4. The fourth-order valence-electron chi connectivity index (χ4n) is 3.04. The Hall–Kier alpha value is -2.38. The van der Waals surface area contributed by atoms with Crippen LogP contribution in [-0.2, 0) is 27.2 Å². The minimum absolute atomic E-state index is 0.227. The monoisotopic (exact) mass is 411 g/mol. The summed E-state index contributed by atoms with van der Waals surface area (Å²) in [5.41, 5.74) is 2.35. The third-order valence-electron chi connectivity index (χ3n) is 5.93. The topological polar surface area (TPSA) is 51.9 Å². The SMILES string of the molecule is Cc1cc[n+](CCN(C)C(=O)OCc2ccc(B3OC(C)(C)C(C)(C)O3)cc2)cc1. The molecule has 1 saturated heterocycles. The maximum absolute atomic E-state index is 12.3. The number of carbonyl (C=O) groups is 1. The predicted molar refractivity (Wildman–Crippen MR) is 116 cm³/mol. The average Bonchev–Trinajstić information content (AvgIpc) is 2.93. The van der Waals surface area contributed by atoms with Gasteiger partial charge in [-0.3, -0.25) is 0 Å². The van der Waals surface area contributed by atoms with Crippen molar-refractivity contribution in [1.29, 1.82) is 0 Å². The van der Waals surface area contributed by atoms with Crippen LogP contribution >= 0.6 is 0 Å². The molecule has 7 heteroatoms. The van der Waals surface area contributed by atoms with E-state index in [0.29, 0.717) is 13.1 Å². The lowest BCUT2D eigenvalue weighted by Crippen LogP contribution is -2.41. The summed E-state index contributed by atoms with van der Waals surface area (Å²) < 4.78 is 19.6. The zero-order valence-corrected chi connectivity index (χ0v) is 18.8. The summed E-state index contributed by atoms with van der Waals surface area (Å²) >= 11 is 0. The van der Waals surface area contributed by atoms with Gasteiger partial charge in [-0.1, -0.05) is 24.3 Å². The first-order valence-electron chi connectivity index (χ1n) is 10.4. The van der Waals surface area contributed by atoms with Crippen molar-refractivity contribution < 1.29 is 23.4 Å². The molecule has 160 valence electrons. The van der Waals surface area contributed by atoms with Crippen molar-refractivity contribution in [2.45, 2.75) is 59.0 Å². The van der Waals surface area contributed by atoms with Crippen molar-refractivity contribution in [3.05, 3.63) is 59.9 Å². The van der Waals surface area contributed by atoms with Gasteiger partial charge < -0.3 is 18.9 Å². The first kappa shape index (κ1) is 22.3. The van der Waals surface area contributed by atoms with E-state index in [4.69, 9.17) is 14.0 Å². The Bertz CT molecular complexity index is 850. The lowest BCUT2D eigenvalue weighted by Gasteiger charge is -2.32. The van der Waals surface area contributed by atoms with E-state index in [9.17, 15) is 4.79 Å². The van der Waals surface area contributed by atoms with Crippen LogP contribution in [0.2, 0.25) is 0 Å². The van der Waals surface area contributed by atoms with E-state index in [1.54, 1.807) is 11.9 Å². The number of nitrogens with zero attached hydrogens (tertiary/aromatic N) is 2. The molecule has 3 rings (SSSR count). The highest BCUT2D eigenvalue weighted by Gasteiger charge is 2.51. The molecular formula is C23H32BN2O4+. The third kappa shape index (κ3) is 5.21. The molecule has 0 unspecified atom stereocenters. The molecule has 0 atom stereocenters. The number of carbonyl (C=O) groups excluding carboxylic acids is 1. The van der Waals surface area contributed by atoms with Crippen LogP contribution in [0.3, 0.4) is 0 Å². The molecule has 0 aliphatic carbocycles. The van der Waals surface area contributed by atoms with Crippen LogP contribution in [0.15, 0.2) is 48.8 Å². The summed E-state index contributed by atoms with van der Waals surface area (Å²) in [6.45, 7) is 11.7. The molecule has 2 heterocycles. The van der Waals surface area contributed by atoms with Crippen LogP contribution in [0.5, 0.6) is 0 Å². The fraction of sp³-hybridized carbons (Fsp3) is 0.478. The number of aromatic nitrogens is 1. The van der Waals surface area contributed by atoms with E-state index in [2.05, 4.69) is 6.92 Å². The van der Waals surface area contributed by atoms with E-state index < -0.39 is 7.12 Å². The predicted octanol–water partition coefficient (Wildman–Crippen LogP) is 2.85. The van der Waals surface area contributed by atoms with Crippen molar-refractivity contribution in [2.75, 3.05) is 13.6 Å². The number of rotatable bonds is 6. The Morgan fingerprint density at radius 3 is 2.17 bits per heavy atom. The van der Waals surface area contributed by atoms with Crippen molar-refractivity contribution in [3.8, 4) is 0 Å². The zero-order valence-electron chi connectivity index (χ0n) is 18.8. The number of amides is 1. The quantitative estimate of drug-likeness (QED) is 0.542. The Labute approximate surface area is 179 Å². The molecule has 1 aromatic heterocycles. The molecule has 1 amide bonds. The van der Waals surface area contributed by atoms with Crippen molar-refractivity contribution in [2.24, 2.45) is 0 Å². The highest BCUT2D eigenvalue weighted by Crippen LogP contribution is 2.36. The molecule has 1 aliphatic rings. The van der Waals surface area contributed by atoms with Gasteiger partial charge in [-0.15, -0.1) is 0 Å². The third-order valence-corrected chi connectivity index (χ3v) is 5.93. The molecular weight excluding hydrogens is 379 g/mol. The summed E-state index contributed by atoms with van der Waals surface area (Å²) in [5, 5.41) is 0. The van der Waals surface area contributed by atoms with Gasteiger partial charge >= 0.3 is 13.2 Å². The molecule has 0 saturated carbocycles. The molecule has 2 aromatic rings. The van der Waals surface area contributed by atoms with Gasteiger partial charge in [-0.25, -0.2) is 9.36 Å². The lowest BCUT2D eigenvalue weighted by molar-refractivity contribution is -0.696. The van der Waals surface area contributed by atoms with Crippen LogP contribution in [-0.4, -0.2) is 42.9 Å². The van der Waals surface area contributed by atoms with Gasteiger partial charge in [0, 0.05) is 19.2 Å². The fourth-order valence-corrected chi connectivity index (χ4v) is 3.04. The molecule has 0 radical (unpaired) electrons. The van der Waals surface area contributed by atoms with E-state index in [1.165, 1.54) is 5.56 Å². The standard InChI is InChI=1S/C23H32BN2O4/c1-18-11-13-26(14-12-18)16-15-25(6)21(27)28-17-19-7-9-20(10-8-19)24-29-22(2,3)23(4,5)30-24/h7-14H,15-17H2,1-6H3/q+1. The zero-order chi connectivity index (χ0) is 21.9. The van der Waals surface area contributed by atoms with E-state index in [1.807, 2.05) is 81.1 Å². The van der Waals surface area contributed by atoms with Gasteiger partial charge in [0.1, 0.15) is 6.61 Å². The minimum Gasteiger partial charge on any atom is -0.445 e. The molecule has 30 heavy (non-hydrogen) atoms. The lowest BCUT2D eigenvalue weighted by atomic mass is 9.79. The summed E-state index contributed by atoms with van der Waals surface area (Å²) in [7, 11) is 1.36. The molecule has 0 bridgehead atoms. The minimum atomic E-state index is -0.392. The highest BCUT2D eigenvalue weighted by atomic mass is 16.7. The van der Waals surface area contributed by atoms with Gasteiger partial charge in [0.15, 0.2) is 18.9 Å². The second-order valence-corrected chi connectivity index (χ2v) is 8.92. The smallest absolute Gasteiger partial charge is 0.445 e. The second-order valence-electron chi connectivity index (χ2n) is 8.92. The van der Waals surface area contributed by atoms with Crippen LogP contribution in [0.1, 0.15) is 38.8 Å².